The van der Waals surface area contributed by atoms with Gasteiger partial charge < -0.3 is 15.4 Å². The molecule has 0 saturated carbocycles. The van der Waals surface area contributed by atoms with Gasteiger partial charge in [0.1, 0.15) is 17.9 Å². The lowest BCUT2D eigenvalue weighted by molar-refractivity contribution is -0.137. The van der Waals surface area contributed by atoms with Crippen LogP contribution in [0.2, 0.25) is 0 Å². The van der Waals surface area contributed by atoms with Crippen LogP contribution >= 0.6 is 23.2 Å². The largest absolute Gasteiger partial charge is 0.480 e. The number of halogens is 2. The minimum atomic E-state index is -1.03. The molecule has 3 N–H and O–H groups in total. The predicted octanol–water partition coefficient (Wildman–Crippen LogP) is 7.95. The Morgan fingerprint density at radius 2 is 1.08 bits per heavy atom. The van der Waals surface area contributed by atoms with Gasteiger partial charge in [-0.3, -0.25) is 43.7 Å². The van der Waals surface area contributed by atoms with Crippen molar-refractivity contribution in [2.75, 3.05) is 0 Å². The quantitative estimate of drug-likeness (QED) is 0.0970. The van der Waals surface area contributed by atoms with E-state index in [1.807, 2.05) is 92.1 Å². The van der Waals surface area contributed by atoms with Gasteiger partial charge in [-0.15, -0.1) is 0 Å². The number of aromatic nitrogens is 6. The molecule has 14 heteroatoms. The number of nitrogens with zero attached hydrogens (tertiary/aromatic N) is 6. The van der Waals surface area contributed by atoms with Gasteiger partial charge in [-0.05, 0) is 93.2 Å². The van der Waals surface area contributed by atoms with Crippen molar-refractivity contribution in [3.05, 3.63) is 198 Å². The third-order valence-electron chi connectivity index (χ3n) is 11.2. The summed E-state index contributed by atoms with van der Waals surface area (Å²) in [6, 6.07) is 24.2. The summed E-state index contributed by atoms with van der Waals surface area (Å²) in [6.45, 7) is 3.76. The van der Waals surface area contributed by atoms with E-state index in [-0.39, 0.29) is 30.0 Å². The molecule has 2 aliphatic rings. The molecule has 0 radical (unpaired) electrons. The third kappa shape index (κ3) is 13.6. The molecule has 0 unspecified atom stereocenters. The molecule has 4 aromatic heterocycles. The number of aryl methyl sites for hydroxylation is 7. The molecule has 0 aliphatic heterocycles. The van der Waals surface area contributed by atoms with Gasteiger partial charge in [0.15, 0.2) is 5.78 Å². The minimum Gasteiger partial charge on any atom is -0.480 e. The molecule has 336 valence electrons. The van der Waals surface area contributed by atoms with Crippen LogP contribution < -0.4 is 16.9 Å². The van der Waals surface area contributed by atoms with Crippen molar-refractivity contribution in [3.8, 4) is 0 Å². The summed E-state index contributed by atoms with van der Waals surface area (Å²) >= 11 is 12.2. The van der Waals surface area contributed by atoms with Crippen LogP contribution in [-0.4, -0.2) is 45.9 Å². The van der Waals surface area contributed by atoms with Crippen LogP contribution in [-0.2, 0) is 74.2 Å². The number of pyridine rings is 2. The van der Waals surface area contributed by atoms with Crippen molar-refractivity contribution >= 4 is 45.0 Å². The monoisotopic (exact) mass is 913 g/mol. The van der Waals surface area contributed by atoms with E-state index in [0.29, 0.717) is 55.0 Å². The molecule has 6 aromatic rings. The topological polar surface area (TPSA) is 176 Å². The van der Waals surface area contributed by atoms with Gasteiger partial charge in [0.05, 0.1) is 17.9 Å². The van der Waals surface area contributed by atoms with Crippen LogP contribution in [0.3, 0.4) is 0 Å². The molecule has 0 atom stereocenters. The Balaban J connectivity index is 0.000000181. The zero-order valence-electron chi connectivity index (χ0n) is 36.7. The lowest BCUT2D eigenvalue weighted by Crippen LogP contribution is -2.30. The van der Waals surface area contributed by atoms with E-state index in [4.69, 9.17) is 34.0 Å². The van der Waals surface area contributed by atoms with Crippen molar-refractivity contribution < 1.29 is 14.7 Å². The maximum Gasteiger partial charge on any atom is 0.323 e. The first-order chi connectivity index (χ1) is 31.4. The highest BCUT2D eigenvalue weighted by Gasteiger charge is 2.17. The fourth-order valence-corrected chi connectivity index (χ4v) is 7.98. The van der Waals surface area contributed by atoms with Crippen LogP contribution in [0, 0.1) is 13.8 Å². The lowest BCUT2D eigenvalue weighted by atomic mass is 10.1. The third-order valence-corrected chi connectivity index (χ3v) is 11.9. The van der Waals surface area contributed by atoms with Crippen LogP contribution in [0.5, 0.6) is 0 Å². The standard InChI is InChI=1S/C26H26ClN3O2.C16H18N2O3.C9H9ClN2/c1-18-15-28-25(9-5-8-19-6-3-2-4-7-19)26(32)30(18)17-21(31)11-10-20-14-22-23(27)12-13-24(22)29-16-20;1-12-10-17-14(16(21)18(12)11-15(19)20)9-5-8-13-6-3-2-4-7-13;10-8-1-2-9-7(8)3-6(4-11)5-12-9/h2-4,6-7,12,14-16H,5,8-11,13,17H2,1H3;2-4,6-7,10H,5,8-9,11H2,1H3,(H,19,20);1,3,5H,2,4,11H2. The number of Topliss-reactive ketones (excluding diaryl/α,β-unsaturated/α-hetero) is 1. The summed E-state index contributed by atoms with van der Waals surface area (Å²) in [5.74, 6) is -1.01. The number of aliphatic carboxylic acids is 1. The number of carboxylic acids is 1. The Morgan fingerprint density at radius 1 is 0.615 bits per heavy atom. The van der Waals surface area contributed by atoms with Crippen LogP contribution in [0.4, 0.5) is 0 Å². The molecule has 8 rings (SSSR count). The van der Waals surface area contributed by atoms with E-state index in [1.165, 1.54) is 15.7 Å². The normalized spacial score (nSPS) is 12.2. The van der Waals surface area contributed by atoms with Crippen molar-refractivity contribution in [3.63, 3.8) is 0 Å². The molecule has 0 fully saturated rings. The maximum atomic E-state index is 12.9. The van der Waals surface area contributed by atoms with Crippen molar-refractivity contribution in [1.29, 1.82) is 0 Å². The molecule has 0 saturated heterocycles. The number of ketones is 1. The Hall–Kier alpha value is -6.34. The van der Waals surface area contributed by atoms with Crippen LogP contribution in [0.15, 0.2) is 119 Å². The number of nitrogens with two attached hydrogens (primary N) is 1. The predicted molar refractivity (Wildman–Crippen MR) is 256 cm³/mol. The van der Waals surface area contributed by atoms with E-state index in [0.717, 1.165) is 82.2 Å². The van der Waals surface area contributed by atoms with Crippen molar-refractivity contribution in [1.82, 2.24) is 29.1 Å². The van der Waals surface area contributed by atoms with E-state index in [1.54, 1.807) is 23.9 Å². The Bertz CT molecular complexity index is 2800. The fraction of sp³-hybridized carbons (Fsp3) is 0.294. The summed E-state index contributed by atoms with van der Waals surface area (Å²) in [7, 11) is 0. The number of allylic oxidation sites excluding steroid dienone is 2. The average Bonchev–Trinajstić information content (AvgIpc) is 3.88. The second-order valence-electron chi connectivity index (χ2n) is 16.0. The molecule has 12 nitrogen and oxygen atoms in total. The summed E-state index contributed by atoms with van der Waals surface area (Å²) in [5, 5.41) is 10.4. The van der Waals surface area contributed by atoms with Gasteiger partial charge >= 0.3 is 5.97 Å². The Labute approximate surface area is 388 Å². The van der Waals surface area contributed by atoms with E-state index >= 15 is 0 Å². The van der Waals surface area contributed by atoms with Gasteiger partial charge in [0, 0.05) is 83.2 Å². The number of carbonyl (C=O) groups is 2. The Morgan fingerprint density at radius 3 is 1.55 bits per heavy atom. The minimum absolute atomic E-state index is 0.0128. The highest BCUT2D eigenvalue weighted by atomic mass is 35.5. The van der Waals surface area contributed by atoms with Gasteiger partial charge in [-0.25, -0.2) is 0 Å². The number of fused-ring (bicyclic) bond motifs is 2. The number of hydrogen-bond donors (Lipinski definition) is 2. The zero-order valence-corrected chi connectivity index (χ0v) is 38.2. The van der Waals surface area contributed by atoms with Crippen LogP contribution in [0.25, 0.3) is 10.1 Å². The summed E-state index contributed by atoms with van der Waals surface area (Å²) < 4.78 is 2.81. The Kier molecular flexibility index (Phi) is 17.4. The molecule has 4 heterocycles. The molecular weight excluding hydrogens is 862 g/mol. The average molecular weight is 915 g/mol. The fourth-order valence-electron chi connectivity index (χ4n) is 7.50. The number of carbonyl (C=O) groups excluding carboxylic acids is 1. The van der Waals surface area contributed by atoms with Gasteiger partial charge in [0.25, 0.3) is 11.1 Å². The van der Waals surface area contributed by atoms with Gasteiger partial charge in [-0.2, -0.15) is 0 Å². The number of benzene rings is 2. The lowest BCUT2D eigenvalue weighted by Gasteiger charge is -2.11. The smallest absolute Gasteiger partial charge is 0.323 e. The number of hydrogen-bond acceptors (Lipinski definition) is 9. The van der Waals surface area contributed by atoms with Gasteiger partial charge in [-0.1, -0.05) is 96.0 Å². The molecule has 0 bridgehead atoms. The van der Waals surface area contributed by atoms with E-state index in [2.05, 4.69) is 32.1 Å². The van der Waals surface area contributed by atoms with Crippen molar-refractivity contribution in [2.24, 2.45) is 5.73 Å². The number of carboxylic acid groups (broad SMARTS) is 1. The molecule has 0 spiro atoms. The summed E-state index contributed by atoms with van der Waals surface area (Å²) in [5.41, 5.74) is 15.7. The SMILES string of the molecule is Cc1cnc(CCCc2ccccc2)c(=O)n1CC(=O)CCc1cnc2c(c1)C(Cl)=CC2.Cc1cnc(CCCc2ccccc2)c(=O)n1CC(=O)O.NCc1cnc2c(c1)C(Cl)=CC2. The molecule has 2 aromatic carbocycles. The molecular formula is C51H53Cl2N7O5. The zero-order chi connectivity index (χ0) is 46.3. The van der Waals surface area contributed by atoms with E-state index in [9.17, 15) is 19.2 Å². The van der Waals surface area contributed by atoms with Crippen LogP contribution in [0.1, 0.15) is 86.8 Å². The summed E-state index contributed by atoms with van der Waals surface area (Å²) in [6.07, 6.45) is 17.9. The van der Waals surface area contributed by atoms with Crippen molar-refractivity contribution in [2.45, 2.75) is 97.7 Å². The number of rotatable bonds is 16. The maximum absolute atomic E-state index is 12.9. The first-order valence-corrected chi connectivity index (χ1v) is 22.5. The molecule has 2 aliphatic carbocycles. The molecule has 0 amide bonds. The molecule has 65 heavy (non-hydrogen) atoms. The highest BCUT2D eigenvalue weighted by molar-refractivity contribution is 6.49. The second-order valence-corrected chi connectivity index (χ2v) is 16.8. The second kappa shape index (κ2) is 23.5. The van der Waals surface area contributed by atoms with E-state index < -0.39 is 5.97 Å². The highest BCUT2D eigenvalue weighted by Crippen LogP contribution is 2.30. The van der Waals surface area contributed by atoms with Gasteiger partial charge in [0.2, 0.25) is 0 Å². The first kappa shape index (κ1) is 48.1. The first-order valence-electron chi connectivity index (χ1n) is 21.7. The summed E-state index contributed by atoms with van der Waals surface area (Å²) in [4.78, 5) is 65.8.